The fraction of sp³-hybridized carbons (Fsp3) is 0.0952. The van der Waals surface area contributed by atoms with Crippen molar-refractivity contribution in [2.75, 3.05) is 10.0 Å². The molecule has 0 aliphatic rings. The highest BCUT2D eigenvalue weighted by molar-refractivity contribution is 7.92. The average molecular weight is 434 g/mol. The standard InChI is InChI=1S/C21H17F3N2O3S/c22-15-2-1-3-18(13-15)26-30(28,29)19-8-6-17(7-9-19)25-21(27)11-4-14-12-16(23)5-10-20(14)24/h1-3,5-10,12-13,26H,4,11H2,(H,25,27). The smallest absolute Gasteiger partial charge is 0.261 e. The van der Waals surface area contributed by atoms with E-state index in [1.165, 1.54) is 42.5 Å². The third-order valence-electron chi connectivity index (χ3n) is 4.15. The Kier molecular flexibility index (Phi) is 6.41. The van der Waals surface area contributed by atoms with Gasteiger partial charge in [-0.05, 0) is 72.6 Å². The lowest BCUT2D eigenvalue weighted by atomic mass is 10.1. The molecule has 0 bridgehead atoms. The number of amides is 1. The van der Waals surface area contributed by atoms with E-state index in [4.69, 9.17) is 0 Å². The fourth-order valence-corrected chi connectivity index (χ4v) is 3.74. The van der Waals surface area contributed by atoms with Crippen LogP contribution in [0.4, 0.5) is 24.5 Å². The van der Waals surface area contributed by atoms with Crippen molar-refractivity contribution in [1.82, 2.24) is 0 Å². The second-order valence-electron chi connectivity index (χ2n) is 6.42. The molecular formula is C21H17F3N2O3S. The number of carbonyl (C=O) groups is 1. The summed E-state index contributed by atoms with van der Waals surface area (Å²) in [5, 5.41) is 2.56. The van der Waals surface area contributed by atoms with Crippen molar-refractivity contribution in [3.05, 3.63) is 89.7 Å². The number of sulfonamides is 1. The van der Waals surface area contributed by atoms with Crippen molar-refractivity contribution < 1.29 is 26.4 Å². The summed E-state index contributed by atoms with van der Waals surface area (Å²) in [5.74, 6) is -2.20. The lowest BCUT2D eigenvalue weighted by Gasteiger charge is -2.10. The second kappa shape index (κ2) is 9.00. The van der Waals surface area contributed by atoms with Crippen LogP contribution in [-0.2, 0) is 21.2 Å². The zero-order valence-electron chi connectivity index (χ0n) is 15.5. The van der Waals surface area contributed by atoms with Gasteiger partial charge in [-0.2, -0.15) is 0 Å². The number of carbonyl (C=O) groups excluding carboxylic acids is 1. The van der Waals surface area contributed by atoms with Crippen LogP contribution in [0.1, 0.15) is 12.0 Å². The van der Waals surface area contributed by atoms with Gasteiger partial charge in [0.2, 0.25) is 5.91 Å². The summed E-state index contributed by atoms with van der Waals surface area (Å²) in [6.07, 6.45) is -0.0685. The number of benzene rings is 3. The minimum atomic E-state index is -3.94. The summed E-state index contributed by atoms with van der Waals surface area (Å²) in [6.45, 7) is 0. The number of anilines is 2. The lowest BCUT2D eigenvalue weighted by Crippen LogP contribution is -2.14. The van der Waals surface area contributed by atoms with E-state index in [-0.39, 0.29) is 29.0 Å². The minimum Gasteiger partial charge on any atom is -0.326 e. The van der Waals surface area contributed by atoms with E-state index in [2.05, 4.69) is 10.0 Å². The Morgan fingerprint density at radius 3 is 2.23 bits per heavy atom. The van der Waals surface area contributed by atoms with Gasteiger partial charge in [0.25, 0.3) is 10.0 Å². The first-order valence-electron chi connectivity index (χ1n) is 8.85. The van der Waals surface area contributed by atoms with Gasteiger partial charge in [0.1, 0.15) is 17.5 Å². The molecule has 0 heterocycles. The number of hydrogen-bond acceptors (Lipinski definition) is 3. The molecular weight excluding hydrogens is 417 g/mol. The molecule has 3 aromatic carbocycles. The van der Waals surface area contributed by atoms with Crippen LogP contribution in [0.3, 0.4) is 0 Å². The Labute approximate surface area is 171 Å². The van der Waals surface area contributed by atoms with Gasteiger partial charge in [-0.3, -0.25) is 9.52 Å². The Morgan fingerprint density at radius 1 is 0.833 bits per heavy atom. The molecule has 156 valence electrons. The van der Waals surface area contributed by atoms with Crippen LogP contribution in [0.5, 0.6) is 0 Å². The number of nitrogens with one attached hydrogen (secondary N) is 2. The summed E-state index contributed by atoms with van der Waals surface area (Å²) >= 11 is 0. The number of halogens is 3. The van der Waals surface area contributed by atoms with Crippen molar-refractivity contribution in [2.24, 2.45) is 0 Å². The molecule has 0 saturated carbocycles. The molecule has 5 nitrogen and oxygen atoms in total. The van der Waals surface area contributed by atoms with Gasteiger partial charge in [0, 0.05) is 12.1 Å². The van der Waals surface area contributed by atoms with Crippen LogP contribution in [0, 0.1) is 17.5 Å². The van der Waals surface area contributed by atoms with Gasteiger partial charge in [-0.1, -0.05) is 6.07 Å². The third kappa shape index (κ3) is 5.60. The van der Waals surface area contributed by atoms with Gasteiger partial charge in [0.05, 0.1) is 10.6 Å². The van der Waals surface area contributed by atoms with Crippen LogP contribution in [0.25, 0.3) is 0 Å². The molecule has 0 atom stereocenters. The van der Waals surface area contributed by atoms with Crippen LogP contribution >= 0.6 is 0 Å². The van der Waals surface area contributed by atoms with Gasteiger partial charge in [-0.15, -0.1) is 0 Å². The molecule has 0 fully saturated rings. The summed E-state index contributed by atoms with van der Waals surface area (Å²) in [5.41, 5.74) is 0.511. The van der Waals surface area contributed by atoms with Crippen LogP contribution in [0.15, 0.2) is 71.6 Å². The van der Waals surface area contributed by atoms with Crippen molar-refractivity contribution in [2.45, 2.75) is 17.7 Å². The third-order valence-corrected chi connectivity index (χ3v) is 5.55. The van der Waals surface area contributed by atoms with Crippen LogP contribution in [0.2, 0.25) is 0 Å². The molecule has 0 radical (unpaired) electrons. The summed E-state index contributed by atoms with van der Waals surface area (Å²) in [7, 11) is -3.94. The highest BCUT2D eigenvalue weighted by Crippen LogP contribution is 2.19. The van der Waals surface area contributed by atoms with Crippen molar-refractivity contribution in [3.63, 3.8) is 0 Å². The molecule has 0 unspecified atom stereocenters. The quantitative estimate of drug-likeness (QED) is 0.576. The Morgan fingerprint density at radius 2 is 1.53 bits per heavy atom. The van der Waals surface area contributed by atoms with Gasteiger partial charge in [0.15, 0.2) is 0 Å². The summed E-state index contributed by atoms with van der Waals surface area (Å²) in [6, 6.07) is 13.4. The van der Waals surface area contributed by atoms with E-state index >= 15 is 0 Å². The lowest BCUT2D eigenvalue weighted by molar-refractivity contribution is -0.116. The van der Waals surface area contributed by atoms with E-state index < -0.39 is 33.4 Å². The van der Waals surface area contributed by atoms with E-state index in [1.54, 1.807) is 0 Å². The van der Waals surface area contributed by atoms with E-state index in [1.807, 2.05) is 0 Å². The average Bonchev–Trinajstić information content (AvgIpc) is 2.69. The maximum absolute atomic E-state index is 13.6. The van der Waals surface area contributed by atoms with Gasteiger partial charge in [-0.25, -0.2) is 21.6 Å². The molecule has 0 saturated heterocycles. The SMILES string of the molecule is O=C(CCc1cc(F)ccc1F)Nc1ccc(S(=O)(=O)Nc2cccc(F)c2)cc1. The predicted octanol–water partition coefficient (Wildman–Crippen LogP) is 4.48. The van der Waals surface area contributed by atoms with Gasteiger partial charge < -0.3 is 5.32 Å². The molecule has 9 heteroatoms. The monoisotopic (exact) mass is 434 g/mol. The van der Waals surface area contributed by atoms with Crippen molar-refractivity contribution >= 4 is 27.3 Å². The molecule has 0 aliphatic carbocycles. The molecule has 2 N–H and O–H groups in total. The van der Waals surface area contributed by atoms with Crippen LogP contribution < -0.4 is 10.0 Å². The van der Waals surface area contributed by atoms with E-state index in [9.17, 15) is 26.4 Å². The maximum Gasteiger partial charge on any atom is 0.261 e. The molecule has 0 aliphatic heterocycles. The minimum absolute atomic E-state index is 0.0133. The highest BCUT2D eigenvalue weighted by Gasteiger charge is 2.15. The second-order valence-corrected chi connectivity index (χ2v) is 8.11. The molecule has 0 spiro atoms. The maximum atomic E-state index is 13.6. The largest absolute Gasteiger partial charge is 0.326 e. The first kappa shape index (κ1) is 21.4. The molecule has 30 heavy (non-hydrogen) atoms. The van der Waals surface area contributed by atoms with Gasteiger partial charge >= 0.3 is 0 Å². The summed E-state index contributed by atoms with van der Waals surface area (Å²) in [4.78, 5) is 12.0. The molecule has 3 rings (SSSR count). The fourth-order valence-electron chi connectivity index (χ4n) is 2.69. The zero-order chi connectivity index (χ0) is 21.7. The normalized spacial score (nSPS) is 11.2. The first-order valence-corrected chi connectivity index (χ1v) is 10.3. The Bertz CT molecular complexity index is 1170. The topological polar surface area (TPSA) is 75.3 Å². The van der Waals surface area contributed by atoms with Crippen molar-refractivity contribution in [1.29, 1.82) is 0 Å². The molecule has 3 aromatic rings. The molecule has 0 aromatic heterocycles. The Balaban J connectivity index is 1.61. The summed E-state index contributed by atoms with van der Waals surface area (Å²) < 4.78 is 67.0. The number of rotatable bonds is 7. The van der Waals surface area contributed by atoms with E-state index in [0.717, 1.165) is 24.3 Å². The first-order chi connectivity index (χ1) is 14.2. The van der Waals surface area contributed by atoms with E-state index in [0.29, 0.717) is 5.69 Å². The van der Waals surface area contributed by atoms with Crippen LogP contribution in [-0.4, -0.2) is 14.3 Å². The van der Waals surface area contributed by atoms with Crippen molar-refractivity contribution in [3.8, 4) is 0 Å². The number of aryl methyl sites for hydroxylation is 1. The zero-order valence-corrected chi connectivity index (χ0v) is 16.3. The molecule has 1 amide bonds. The predicted molar refractivity (Wildman–Crippen MR) is 107 cm³/mol. The Hall–Kier alpha value is -3.33. The highest BCUT2D eigenvalue weighted by atomic mass is 32.2. The number of hydrogen-bond donors (Lipinski definition) is 2.